The van der Waals surface area contributed by atoms with Crippen LogP contribution in [0.1, 0.15) is 58.4 Å². The van der Waals surface area contributed by atoms with E-state index in [1.165, 1.54) is 89.0 Å². The van der Waals surface area contributed by atoms with Crippen molar-refractivity contribution >= 4 is 17.1 Å². The number of aryl methyl sites for hydroxylation is 2. The molecule has 0 amide bonds. The van der Waals surface area contributed by atoms with Gasteiger partial charge < -0.3 is 4.90 Å². The third kappa shape index (κ3) is 4.36. The van der Waals surface area contributed by atoms with Crippen LogP contribution < -0.4 is 4.90 Å². The van der Waals surface area contributed by atoms with Gasteiger partial charge in [-0.25, -0.2) is 0 Å². The molecule has 0 saturated heterocycles. The highest BCUT2D eigenvalue weighted by Gasteiger charge is 2.52. The normalized spacial score (nSPS) is 14.5. The lowest BCUT2D eigenvalue weighted by molar-refractivity contribution is 0.660. The Hall–Kier alpha value is -6.44. The van der Waals surface area contributed by atoms with Crippen molar-refractivity contribution in [1.82, 2.24) is 0 Å². The Bertz CT molecular complexity index is 2820. The van der Waals surface area contributed by atoms with Crippen molar-refractivity contribution in [2.24, 2.45) is 0 Å². The summed E-state index contributed by atoms with van der Waals surface area (Å²) < 4.78 is 0. The van der Waals surface area contributed by atoms with Crippen molar-refractivity contribution in [2.45, 2.75) is 38.5 Å². The van der Waals surface area contributed by atoms with Gasteiger partial charge in [-0.05, 0) is 117 Å². The summed E-state index contributed by atoms with van der Waals surface area (Å²) in [6.45, 7) is 9.21. The van der Waals surface area contributed by atoms with Gasteiger partial charge in [0.2, 0.25) is 0 Å². The van der Waals surface area contributed by atoms with Crippen molar-refractivity contribution in [3.8, 4) is 44.5 Å². The molecule has 0 radical (unpaired) electrons. The van der Waals surface area contributed by atoms with Gasteiger partial charge in [0.05, 0.1) is 11.1 Å². The van der Waals surface area contributed by atoms with Crippen LogP contribution in [0, 0.1) is 13.8 Å². The van der Waals surface area contributed by atoms with Crippen molar-refractivity contribution < 1.29 is 0 Å². The second-order valence-corrected chi connectivity index (χ2v) is 16.2. The fraction of sp³-hybridized carbons (Fsp3) is 0.111. The molecular formula is C54H41N. The second-order valence-electron chi connectivity index (χ2n) is 16.2. The van der Waals surface area contributed by atoms with Gasteiger partial charge in [0.15, 0.2) is 0 Å². The summed E-state index contributed by atoms with van der Waals surface area (Å²) in [6, 6.07) is 66.4. The van der Waals surface area contributed by atoms with Crippen LogP contribution in [0.15, 0.2) is 176 Å². The molecule has 0 aliphatic heterocycles. The summed E-state index contributed by atoms with van der Waals surface area (Å²) in [4.78, 5) is 2.52. The van der Waals surface area contributed by atoms with Gasteiger partial charge >= 0.3 is 0 Å². The summed E-state index contributed by atoms with van der Waals surface area (Å²) in [5, 5.41) is 0. The van der Waals surface area contributed by atoms with E-state index in [9.17, 15) is 0 Å². The average molecular weight is 704 g/mol. The first-order valence-electron chi connectivity index (χ1n) is 19.5. The van der Waals surface area contributed by atoms with Crippen LogP contribution in [0.2, 0.25) is 0 Å². The van der Waals surface area contributed by atoms with Crippen LogP contribution >= 0.6 is 0 Å². The largest absolute Gasteiger partial charge is 0.310 e. The van der Waals surface area contributed by atoms with Crippen LogP contribution in [0.3, 0.4) is 0 Å². The monoisotopic (exact) mass is 703 g/mol. The van der Waals surface area contributed by atoms with Gasteiger partial charge in [-0.2, -0.15) is 0 Å². The van der Waals surface area contributed by atoms with E-state index < -0.39 is 5.41 Å². The lowest BCUT2D eigenvalue weighted by Gasteiger charge is -2.33. The lowest BCUT2D eigenvalue weighted by Crippen LogP contribution is -2.26. The Labute approximate surface area is 324 Å². The van der Waals surface area contributed by atoms with Gasteiger partial charge in [-0.3, -0.25) is 0 Å². The number of nitrogens with zero attached hydrogens (tertiary/aromatic N) is 1. The predicted octanol–water partition coefficient (Wildman–Crippen LogP) is 14.1. The summed E-state index contributed by atoms with van der Waals surface area (Å²) in [6.07, 6.45) is 0. The second kappa shape index (κ2) is 11.5. The van der Waals surface area contributed by atoms with Gasteiger partial charge in [0.1, 0.15) is 0 Å². The number of rotatable bonds is 4. The Morgan fingerprint density at radius 2 is 0.782 bits per heavy atom. The minimum Gasteiger partial charge on any atom is -0.310 e. The van der Waals surface area contributed by atoms with Crippen LogP contribution in [-0.4, -0.2) is 0 Å². The molecule has 8 aromatic carbocycles. The number of hydrogen-bond donors (Lipinski definition) is 0. The zero-order valence-electron chi connectivity index (χ0n) is 31.7. The van der Waals surface area contributed by atoms with Crippen molar-refractivity contribution in [3.63, 3.8) is 0 Å². The van der Waals surface area contributed by atoms with Gasteiger partial charge in [-0.1, -0.05) is 171 Å². The Kier molecular flexibility index (Phi) is 6.72. The molecule has 0 N–H and O–H groups in total. The number of anilines is 3. The van der Waals surface area contributed by atoms with Crippen molar-refractivity contribution in [1.29, 1.82) is 0 Å². The van der Waals surface area contributed by atoms with E-state index in [0.717, 1.165) is 17.1 Å². The molecular weight excluding hydrogens is 663 g/mol. The Morgan fingerprint density at radius 3 is 1.42 bits per heavy atom. The summed E-state index contributed by atoms with van der Waals surface area (Å²) in [5.41, 5.74) is 24.1. The zero-order chi connectivity index (χ0) is 37.1. The molecule has 3 aliphatic carbocycles. The summed E-state index contributed by atoms with van der Waals surface area (Å²) in [7, 11) is 0. The molecule has 8 aromatic rings. The molecule has 1 nitrogen and oxygen atoms in total. The van der Waals surface area contributed by atoms with E-state index in [2.05, 4.69) is 209 Å². The molecule has 0 aromatic heterocycles. The fourth-order valence-electron chi connectivity index (χ4n) is 10.3. The molecule has 3 aliphatic rings. The van der Waals surface area contributed by atoms with Gasteiger partial charge in [0.25, 0.3) is 0 Å². The summed E-state index contributed by atoms with van der Waals surface area (Å²) >= 11 is 0. The topological polar surface area (TPSA) is 3.24 Å². The maximum atomic E-state index is 2.52. The fourth-order valence-corrected chi connectivity index (χ4v) is 10.3. The highest BCUT2D eigenvalue weighted by molar-refractivity contribution is 5.97. The highest BCUT2D eigenvalue weighted by Crippen LogP contribution is 2.64. The maximum Gasteiger partial charge on any atom is 0.0726 e. The molecule has 55 heavy (non-hydrogen) atoms. The van der Waals surface area contributed by atoms with E-state index in [0.29, 0.717) is 0 Å². The molecule has 11 rings (SSSR count). The molecule has 1 spiro atoms. The van der Waals surface area contributed by atoms with Gasteiger partial charge in [0, 0.05) is 22.4 Å². The van der Waals surface area contributed by atoms with E-state index in [1.807, 2.05) is 0 Å². The van der Waals surface area contributed by atoms with Crippen LogP contribution in [0.25, 0.3) is 44.5 Å². The molecule has 0 atom stereocenters. The van der Waals surface area contributed by atoms with E-state index in [-0.39, 0.29) is 5.41 Å². The number of hydrogen-bond acceptors (Lipinski definition) is 1. The SMILES string of the molecule is Cc1ccc2c(c1)C1(c3ccccc3-c3ccc(N(c4ccc5c(c4)C(C)(C)c4ccccc4-5)c4ccccc4-c4ccccc4)cc31)c1cc(C)ccc1-2. The first kappa shape index (κ1) is 32.0. The summed E-state index contributed by atoms with van der Waals surface area (Å²) in [5.74, 6) is 0. The lowest BCUT2D eigenvalue weighted by atomic mass is 9.70. The third-order valence-corrected chi connectivity index (χ3v) is 12.8. The van der Waals surface area contributed by atoms with E-state index in [1.54, 1.807) is 0 Å². The molecule has 0 fully saturated rings. The molecule has 1 heteroatoms. The van der Waals surface area contributed by atoms with Crippen molar-refractivity contribution in [3.05, 3.63) is 220 Å². The number of para-hydroxylation sites is 1. The predicted molar refractivity (Wildman–Crippen MR) is 230 cm³/mol. The third-order valence-electron chi connectivity index (χ3n) is 12.8. The molecule has 262 valence electrons. The molecule has 0 bridgehead atoms. The first-order chi connectivity index (χ1) is 26.9. The highest BCUT2D eigenvalue weighted by atomic mass is 15.1. The van der Waals surface area contributed by atoms with Crippen LogP contribution in [-0.2, 0) is 10.8 Å². The first-order valence-corrected chi connectivity index (χ1v) is 19.5. The molecule has 0 heterocycles. The zero-order valence-corrected chi connectivity index (χ0v) is 31.7. The Morgan fingerprint density at radius 1 is 0.345 bits per heavy atom. The van der Waals surface area contributed by atoms with Crippen LogP contribution in [0.4, 0.5) is 17.1 Å². The standard InChI is InChI=1S/C54H41N/c1-34-22-26-43-44-27-23-35(2)31-50(44)54(49(43)30-34)47-20-12-9-18-41(47)45-29-25-38(33-51(45)54)55(52-21-13-10-16-39(52)36-14-6-5-7-15-36)37-24-28-42-40-17-8-11-19-46(40)53(3,4)48(42)32-37/h5-33H,1-4H3. The van der Waals surface area contributed by atoms with E-state index in [4.69, 9.17) is 0 Å². The average Bonchev–Trinajstić information content (AvgIpc) is 3.76. The number of fused-ring (bicyclic) bond motifs is 13. The minimum absolute atomic E-state index is 0.122. The van der Waals surface area contributed by atoms with E-state index >= 15 is 0 Å². The van der Waals surface area contributed by atoms with Crippen LogP contribution in [0.5, 0.6) is 0 Å². The smallest absolute Gasteiger partial charge is 0.0726 e. The molecule has 0 unspecified atom stereocenters. The quantitative estimate of drug-likeness (QED) is 0.176. The number of benzene rings is 8. The maximum absolute atomic E-state index is 2.52. The minimum atomic E-state index is -0.434. The molecule has 0 saturated carbocycles. The Balaban J connectivity index is 1.21. The van der Waals surface area contributed by atoms with Crippen molar-refractivity contribution in [2.75, 3.05) is 4.90 Å². The van der Waals surface area contributed by atoms with Gasteiger partial charge in [-0.15, -0.1) is 0 Å².